The van der Waals surface area contributed by atoms with E-state index in [1.54, 1.807) is 12.2 Å². The van der Waals surface area contributed by atoms with Gasteiger partial charge in [0, 0.05) is 34.4 Å². The van der Waals surface area contributed by atoms with Crippen LogP contribution in [0.4, 0.5) is 0 Å². The number of ether oxygens (including phenoxy) is 4. The number of hydrogen-bond donors (Lipinski definition) is 0. The zero-order chi connectivity index (χ0) is 55.5. The van der Waals surface area contributed by atoms with E-state index in [9.17, 15) is 0 Å². The summed E-state index contributed by atoms with van der Waals surface area (Å²) in [6.07, 6.45) is 30.7. The molecule has 0 aliphatic rings. The summed E-state index contributed by atoms with van der Waals surface area (Å²) in [5.41, 5.74) is 7.88. The number of unbranched alkanes of at least 4 members (excludes halogenated alkanes) is 4. The molecule has 0 radical (unpaired) electrons. The Hall–Kier alpha value is -6.42. The molecule has 0 N–H and O–H groups in total. The van der Waals surface area contributed by atoms with Crippen molar-refractivity contribution in [2.45, 2.75) is 172 Å². The van der Waals surface area contributed by atoms with Crippen LogP contribution >= 0.6 is 0 Å². The maximum absolute atomic E-state index is 6.57. The van der Waals surface area contributed by atoms with E-state index >= 15 is 0 Å². The van der Waals surface area contributed by atoms with Crippen molar-refractivity contribution in [3.05, 3.63) is 118 Å². The molecule has 4 aromatic carbocycles. The van der Waals surface area contributed by atoms with E-state index < -0.39 is 0 Å². The first-order chi connectivity index (χ1) is 38.1. The first kappa shape index (κ1) is 60.8. The Balaban J connectivity index is 1.10. The molecule has 0 saturated heterocycles. The second-order valence-electron chi connectivity index (χ2n) is 21.4. The quantitative estimate of drug-likeness (QED) is 0.0352. The summed E-state index contributed by atoms with van der Waals surface area (Å²) in [5.74, 6) is 7.22. The first-order valence-electron chi connectivity index (χ1n) is 29.8. The van der Waals surface area contributed by atoms with Crippen LogP contribution in [0.1, 0.15) is 203 Å². The fourth-order valence-corrected chi connectivity index (χ4v) is 9.42. The third-order valence-electron chi connectivity index (χ3n) is 15.2. The Morgan fingerprint density at radius 2 is 0.705 bits per heavy atom. The second-order valence-corrected chi connectivity index (χ2v) is 21.4. The van der Waals surface area contributed by atoms with Crippen LogP contribution in [-0.2, 0) is 0 Å². The maximum atomic E-state index is 6.57. The van der Waals surface area contributed by atoms with Gasteiger partial charge in [0.15, 0.2) is 0 Å². The van der Waals surface area contributed by atoms with Crippen LogP contribution in [0.25, 0.3) is 59.4 Å². The highest BCUT2D eigenvalue weighted by Gasteiger charge is 2.17. The van der Waals surface area contributed by atoms with Crippen molar-refractivity contribution in [3.8, 4) is 45.9 Å². The van der Waals surface area contributed by atoms with E-state index in [2.05, 4.69) is 138 Å². The normalized spacial score (nSPS) is 13.4. The summed E-state index contributed by atoms with van der Waals surface area (Å²) in [6, 6.07) is 24.7. The van der Waals surface area contributed by atoms with E-state index in [-0.39, 0.29) is 0 Å². The molecule has 0 fully saturated rings. The molecular formula is C68H92N4O6. The van der Waals surface area contributed by atoms with Crippen LogP contribution in [0.15, 0.2) is 81.6 Å². The van der Waals surface area contributed by atoms with Crippen LogP contribution in [-0.4, -0.2) is 46.8 Å². The minimum atomic E-state index is 0.324. The Kier molecular flexibility index (Phi) is 25.8. The van der Waals surface area contributed by atoms with Gasteiger partial charge < -0.3 is 27.8 Å². The molecule has 0 spiro atoms. The number of nitrogens with zero attached hydrogens (tertiary/aromatic N) is 4. The second kappa shape index (κ2) is 33.1. The highest BCUT2D eigenvalue weighted by Crippen LogP contribution is 2.34. The van der Waals surface area contributed by atoms with Crippen molar-refractivity contribution in [3.63, 3.8) is 0 Å². The summed E-state index contributed by atoms with van der Waals surface area (Å²) in [5, 5.41) is 17.2. The Morgan fingerprint density at radius 3 is 1.01 bits per heavy atom. The van der Waals surface area contributed by atoms with Gasteiger partial charge in [0.2, 0.25) is 23.6 Å². The van der Waals surface area contributed by atoms with Crippen molar-refractivity contribution in [2.75, 3.05) is 26.4 Å². The van der Waals surface area contributed by atoms with Gasteiger partial charge >= 0.3 is 0 Å². The van der Waals surface area contributed by atoms with Gasteiger partial charge in [0.25, 0.3) is 0 Å². The third-order valence-corrected chi connectivity index (χ3v) is 15.2. The molecule has 2 heterocycles. The predicted molar refractivity (Wildman–Crippen MR) is 324 cm³/mol. The smallest absolute Gasteiger partial charge is 0.248 e. The van der Waals surface area contributed by atoms with Gasteiger partial charge in [0.05, 0.1) is 26.4 Å². The fourth-order valence-electron chi connectivity index (χ4n) is 9.42. The van der Waals surface area contributed by atoms with Crippen LogP contribution in [0.3, 0.4) is 0 Å². The standard InChI is InChI=1S/C68H92N4O6/c1-11-19-23-51(15-5)45-73-61-43-59(63(41-49(61)9)75-47-53(17-7)25-21-13-3)37-31-55-27-33-57(34-28-55)67-71-69-65(77-67)39-40-66-70-72-68(78-66)58-35-29-56(30-36-58)32-38-60-44-62(74-46-52(16-6)24-20-12-2)50(10)42-64(60)76-48-54(18-8)26-22-14-4/h27-44,51-54H,11-26,45-48H2,1-10H3/b37-31+,38-32+,40-39+/t51-,52-,53+,54+/m1/s1. The average Bonchev–Trinajstić information content (AvgIpc) is 4.17. The summed E-state index contributed by atoms with van der Waals surface area (Å²) in [4.78, 5) is 0. The molecule has 0 aliphatic heterocycles. The predicted octanol–water partition coefficient (Wildman–Crippen LogP) is 19.3. The van der Waals surface area contributed by atoms with Crippen LogP contribution < -0.4 is 18.9 Å². The molecule has 0 unspecified atom stereocenters. The lowest BCUT2D eigenvalue weighted by Crippen LogP contribution is -2.13. The molecule has 0 amide bonds. The van der Waals surface area contributed by atoms with Gasteiger partial charge in [-0.3, -0.25) is 0 Å². The highest BCUT2D eigenvalue weighted by molar-refractivity contribution is 5.76. The molecule has 0 bridgehead atoms. The SMILES string of the molecule is CCCC[C@@H](CC)COc1cc(/C=C/c2ccc(-c3nnc(/C=C/c4nnc(-c5ccc(/C=C/c6cc(OC[C@H](CC)CCCC)c(C)cc6OC[C@@H](CC)CCCC)cc5)o4)o3)cc2)c(OC[C@@H](CC)CCCC)cc1C. The average molecular weight is 1060 g/mol. The highest BCUT2D eigenvalue weighted by atomic mass is 16.5. The van der Waals surface area contributed by atoms with Gasteiger partial charge in [0.1, 0.15) is 23.0 Å². The van der Waals surface area contributed by atoms with Crippen LogP contribution in [0.5, 0.6) is 23.0 Å². The Morgan fingerprint density at radius 1 is 0.385 bits per heavy atom. The lowest BCUT2D eigenvalue weighted by molar-refractivity contribution is 0.226. The van der Waals surface area contributed by atoms with Crippen molar-refractivity contribution in [2.24, 2.45) is 23.7 Å². The van der Waals surface area contributed by atoms with Crippen molar-refractivity contribution >= 4 is 36.5 Å². The summed E-state index contributed by atoms with van der Waals surface area (Å²) < 4.78 is 38.2. The molecule has 10 heteroatoms. The van der Waals surface area contributed by atoms with E-state index in [0.717, 1.165) is 106 Å². The van der Waals surface area contributed by atoms with Gasteiger partial charge in [-0.25, -0.2) is 0 Å². The van der Waals surface area contributed by atoms with E-state index in [4.69, 9.17) is 27.8 Å². The first-order valence-corrected chi connectivity index (χ1v) is 29.8. The van der Waals surface area contributed by atoms with Crippen molar-refractivity contribution < 1.29 is 27.8 Å². The zero-order valence-corrected chi connectivity index (χ0v) is 49.1. The van der Waals surface area contributed by atoms with E-state index in [1.807, 2.05) is 48.5 Å². The number of benzene rings is 4. The Labute approximate surface area is 468 Å². The van der Waals surface area contributed by atoms with Crippen LogP contribution in [0, 0.1) is 37.5 Å². The largest absolute Gasteiger partial charge is 0.493 e. The molecule has 420 valence electrons. The minimum Gasteiger partial charge on any atom is -0.493 e. The zero-order valence-electron chi connectivity index (χ0n) is 49.1. The maximum Gasteiger partial charge on any atom is 0.248 e. The number of aromatic nitrogens is 4. The fraction of sp³-hybridized carbons (Fsp3) is 0.500. The molecule has 6 aromatic rings. The monoisotopic (exact) mass is 1060 g/mol. The van der Waals surface area contributed by atoms with Gasteiger partial charge in [-0.15, -0.1) is 20.4 Å². The Bertz CT molecular complexity index is 2560. The summed E-state index contributed by atoms with van der Waals surface area (Å²) >= 11 is 0. The topological polar surface area (TPSA) is 115 Å². The van der Waals surface area contributed by atoms with Gasteiger partial charge in [-0.05, 0) is 134 Å². The molecular weight excluding hydrogens is 969 g/mol. The summed E-state index contributed by atoms with van der Waals surface area (Å²) in [7, 11) is 0. The lowest BCUT2D eigenvalue weighted by Gasteiger charge is -2.20. The lowest BCUT2D eigenvalue weighted by atomic mass is 10.00. The van der Waals surface area contributed by atoms with E-state index in [1.165, 1.54) is 77.0 Å². The molecule has 10 nitrogen and oxygen atoms in total. The molecule has 2 aromatic heterocycles. The van der Waals surface area contributed by atoms with E-state index in [0.29, 0.717) is 60.4 Å². The minimum absolute atomic E-state index is 0.324. The number of hydrogen-bond acceptors (Lipinski definition) is 10. The van der Waals surface area contributed by atoms with Crippen LogP contribution in [0.2, 0.25) is 0 Å². The molecule has 78 heavy (non-hydrogen) atoms. The van der Waals surface area contributed by atoms with Crippen molar-refractivity contribution in [1.82, 2.24) is 20.4 Å². The molecule has 4 atom stereocenters. The van der Waals surface area contributed by atoms with Crippen molar-refractivity contribution in [1.29, 1.82) is 0 Å². The number of rotatable bonds is 36. The molecule has 6 rings (SSSR count). The molecule has 0 saturated carbocycles. The van der Waals surface area contributed by atoms with Gasteiger partial charge in [-0.2, -0.15) is 0 Å². The summed E-state index contributed by atoms with van der Waals surface area (Å²) in [6.45, 7) is 25.1. The molecule has 0 aliphatic carbocycles. The third kappa shape index (κ3) is 19.2. The van der Waals surface area contributed by atoms with Gasteiger partial charge in [-0.1, -0.05) is 181 Å². The number of aryl methyl sites for hydroxylation is 2.